The van der Waals surface area contributed by atoms with E-state index in [9.17, 15) is 18.4 Å². The first kappa shape index (κ1) is 31.0. The van der Waals surface area contributed by atoms with Crippen molar-refractivity contribution in [3.63, 3.8) is 0 Å². The van der Waals surface area contributed by atoms with Crippen molar-refractivity contribution in [3.8, 4) is 0 Å². The van der Waals surface area contributed by atoms with Crippen LogP contribution in [0.1, 0.15) is 57.2 Å². The molecule has 2 fully saturated rings. The lowest BCUT2D eigenvalue weighted by Crippen LogP contribution is -2.64. The van der Waals surface area contributed by atoms with E-state index in [1.54, 1.807) is 36.1 Å². The van der Waals surface area contributed by atoms with Gasteiger partial charge in [0.15, 0.2) is 0 Å². The molecule has 2 amide bonds. The van der Waals surface area contributed by atoms with Gasteiger partial charge < -0.3 is 9.64 Å². The van der Waals surface area contributed by atoms with E-state index in [1.165, 1.54) is 23.1 Å². The molecule has 1 saturated carbocycles. The molecular weight excluding hydrogens is 510 g/mol. The number of aryl methyl sites for hydroxylation is 1. The molecule has 1 saturated heterocycles. The Morgan fingerprint density at radius 1 is 0.850 bits per heavy atom. The fraction of sp³-hybridized carbons (Fsp3) is 0.394. The Morgan fingerprint density at radius 2 is 1.50 bits per heavy atom. The number of ether oxygens (including phenoxy) is 1. The molecule has 7 heteroatoms. The molecule has 0 N–H and O–H groups in total. The van der Waals surface area contributed by atoms with Crippen LogP contribution in [0.4, 0.5) is 14.5 Å². The summed E-state index contributed by atoms with van der Waals surface area (Å²) in [5, 5.41) is 0. The van der Waals surface area contributed by atoms with Crippen LogP contribution in [0.15, 0.2) is 72.8 Å². The molecule has 1 heterocycles. The number of halogens is 2. The minimum Gasteiger partial charge on any atom is -0.374 e. The van der Waals surface area contributed by atoms with Crippen molar-refractivity contribution in [2.45, 2.75) is 72.8 Å². The average molecular weight is 551 g/mol. The number of hydrogen-bond acceptors (Lipinski definition) is 3. The molecule has 2 aliphatic rings. The molecule has 3 aromatic carbocycles. The second-order valence-corrected chi connectivity index (χ2v) is 9.62. The first-order chi connectivity index (χ1) is 19.4. The molecule has 0 aromatic heterocycles. The number of hydrogen-bond donors (Lipinski definition) is 0. The zero-order valence-corrected chi connectivity index (χ0v) is 24.1. The highest BCUT2D eigenvalue weighted by Crippen LogP contribution is 2.39. The number of benzene rings is 3. The molecule has 0 bridgehead atoms. The molecule has 3 aromatic rings. The Labute approximate surface area is 236 Å². The number of carbonyl (C=O) groups excluding carboxylic acids is 2. The smallest absolute Gasteiger partial charge is 0.250 e. The lowest BCUT2D eigenvalue weighted by Gasteiger charge is -2.48. The van der Waals surface area contributed by atoms with Crippen LogP contribution in [0.25, 0.3) is 0 Å². The lowest BCUT2D eigenvalue weighted by atomic mass is 9.75. The van der Waals surface area contributed by atoms with Crippen molar-refractivity contribution in [1.29, 1.82) is 0 Å². The predicted octanol–water partition coefficient (Wildman–Crippen LogP) is 7.07. The second-order valence-electron chi connectivity index (χ2n) is 9.62. The third-order valence-electron chi connectivity index (χ3n) is 7.04. The maximum Gasteiger partial charge on any atom is 0.250 e. The molecular formula is C33H40F2N2O3. The van der Waals surface area contributed by atoms with Crippen LogP contribution >= 0.6 is 0 Å². The summed E-state index contributed by atoms with van der Waals surface area (Å²) in [5.41, 5.74) is 2.65. The van der Waals surface area contributed by atoms with Gasteiger partial charge in [-0.15, -0.1) is 0 Å². The minimum atomic E-state index is -0.742. The van der Waals surface area contributed by atoms with Gasteiger partial charge in [0.1, 0.15) is 24.2 Å². The number of nitrogens with zero attached hydrogens (tertiary/aromatic N) is 2. The van der Waals surface area contributed by atoms with E-state index < -0.39 is 11.9 Å². The quantitative estimate of drug-likeness (QED) is 0.316. The van der Waals surface area contributed by atoms with Crippen molar-refractivity contribution >= 4 is 17.5 Å². The van der Waals surface area contributed by atoms with Crippen LogP contribution in [0.5, 0.6) is 0 Å². The summed E-state index contributed by atoms with van der Waals surface area (Å²) in [4.78, 5) is 29.9. The molecule has 1 unspecified atom stereocenters. The van der Waals surface area contributed by atoms with Crippen molar-refractivity contribution in [2.75, 3.05) is 11.4 Å². The van der Waals surface area contributed by atoms with Crippen LogP contribution in [-0.2, 0) is 27.5 Å². The van der Waals surface area contributed by atoms with Gasteiger partial charge in [-0.2, -0.15) is 0 Å². The Kier molecular flexibility index (Phi) is 11.4. The average Bonchev–Trinajstić information content (AvgIpc) is 2.95. The second kappa shape index (κ2) is 14.7. The summed E-state index contributed by atoms with van der Waals surface area (Å²) >= 11 is 0. The monoisotopic (exact) mass is 550 g/mol. The zero-order valence-electron chi connectivity index (χ0n) is 24.1. The van der Waals surface area contributed by atoms with Gasteiger partial charge in [0.2, 0.25) is 5.91 Å². The number of rotatable bonds is 7. The maximum absolute atomic E-state index is 14.8. The van der Waals surface area contributed by atoms with Gasteiger partial charge in [-0.1, -0.05) is 76.2 Å². The molecule has 5 nitrogen and oxygen atoms in total. The topological polar surface area (TPSA) is 49.9 Å². The van der Waals surface area contributed by atoms with Crippen LogP contribution in [0.3, 0.4) is 0 Å². The SMILES string of the molecule is CC.CC.Cc1ccc(N2CC(=O)N(Cc3ccc(F)cc3)C(C3CC(OCc4ccccc4)C3)C2=O)c(F)c1. The number of carbonyl (C=O) groups is 2. The Bertz CT molecular complexity index is 1240. The van der Waals surface area contributed by atoms with E-state index in [2.05, 4.69) is 0 Å². The van der Waals surface area contributed by atoms with Gasteiger partial charge in [0.25, 0.3) is 5.91 Å². The Hall–Kier alpha value is -3.58. The van der Waals surface area contributed by atoms with Gasteiger partial charge in [0, 0.05) is 6.54 Å². The normalized spacial score (nSPS) is 20.1. The van der Waals surface area contributed by atoms with Crippen LogP contribution in [-0.4, -0.2) is 35.4 Å². The largest absolute Gasteiger partial charge is 0.374 e. The standard InChI is InChI=1S/C29H28F2N2O3.2C2H6/c1-19-7-12-26(25(31)13-19)32-17-27(34)33(16-20-8-10-23(30)11-9-20)28(29(32)35)22-14-24(15-22)36-18-21-5-3-2-4-6-21;2*1-2/h2-13,22,24,28H,14-18H2,1H3;2*1-2H3. The Morgan fingerprint density at radius 3 is 2.12 bits per heavy atom. The van der Waals surface area contributed by atoms with E-state index in [-0.39, 0.29) is 48.4 Å². The molecule has 40 heavy (non-hydrogen) atoms. The van der Waals surface area contributed by atoms with Gasteiger partial charge >= 0.3 is 0 Å². The van der Waals surface area contributed by atoms with Crippen LogP contribution in [0.2, 0.25) is 0 Å². The molecule has 0 radical (unpaired) electrons. The van der Waals surface area contributed by atoms with E-state index in [1.807, 2.05) is 58.0 Å². The highest BCUT2D eigenvalue weighted by atomic mass is 19.1. The summed E-state index contributed by atoms with van der Waals surface area (Å²) < 4.78 is 34.2. The first-order valence-corrected chi connectivity index (χ1v) is 14.2. The zero-order chi connectivity index (χ0) is 29.2. The molecule has 1 atom stereocenters. The first-order valence-electron chi connectivity index (χ1n) is 14.2. The van der Waals surface area contributed by atoms with Crippen molar-refractivity contribution in [2.24, 2.45) is 5.92 Å². The summed E-state index contributed by atoms with van der Waals surface area (Å²) in [6.07, 6.45) is 1.23. The fourth-order valence-corrected chi connectivity index (χ4v) is 5.00. The number of piperazine rings is 1. The van der Waals surface area contributed by atoms with Crippen LogP contribution in [0, 0.1) is 24.5 Å². The summed E-state index contributed by atoms with van der Waals surface area (Å²) in [7, 11) is 0. The van der Waals surface area contributed by atoms with E-state index in [0.717, 1.165) is 16.7 Å². The van der Waals surface area contributed by atoms with Crippen molar-refractivity contribution in [1.82, 2.24) is 4.90 Å². The van der Waals surface area contributed by atoms with Gasteiger partial charge in [-0.3, -0.25) is 14.5 Å². The van der Waals surface area contributed by atoms with Gasteiger partial charge in [-0.25, -0.2) is 8.78 Å². The third-order valence-corrected chi connectivity index (χ3v) is 7.04. The summed E-state index contributed by atoms with van der Waals surface area (Å²) in [6, 6.07) is 19.7. The van der Waals surface area contributed by atoms with Crippen molar-refractivity contribution in [3.05, 3.63) is 101 Å². The highest BCUT2D eigenvalue weighted by molar-refractivity contribution is 6.06. The van der Waals surface area contributed by atoms with Crippen LogP contribution < -0.4 is 4.90 Å². The molecule has 1 aliphatic heterocycles. The molecule has 1 aliphatic carbocycles. The van der Waals surface area contributed by atoms with E-state index >= 15 is 0 Å². The summed E-state index contributed by atoms with van der Waals surface area (Å²) in [5.74, 6) is -1.57. The Balaban J connectivity index is 0.00000106. The molecule has 214 valence electrons. The third kappa shape index (κ3) is 7.33. The fourth-order valence-electron chi connectivity index (χ4n) is 5.00. The number of anilines is 1. The number of amides is 2. The maximum atomic E-state index is 14.8. The van der Waals surface area contributed by atoms with Gasteiger partial charge in [0.05, 0.1) is 18.4 Å². The van der Waals surface area contributed by atoms with Crippen molar-refractivity contribution < 1.29 is 23.1 Å². The molecule has 0 spiro atoms. The van der Waals surface area contributed by atoms with E-state index in [4.69, 9.17) is 4.74 Å². The predicted molar refractivity (Wildman–Crippen MR) is 155 cm³/mol. The van der Waals surface area contributed by atoms with E-state index in [0.29, 0.717) is 19.4 Å². The summed E-state index contributed by atoms with van der Waals surface area (Å²) in [6.45, 7) is 10.2. The minimum absolute atomic E-state index is 0.0164. The van der Waals surface area contributed by atoms with Gasteiger partial charge in [-0.05, 0) is 66.6 Å². The lowest BCUT2D eigenvalue weighted by molar-refractivity contribution is -0.151. The molecule has 5 rings (SSSR count). The highest BCUT2D eigenvalue weighted by Gasteiger charge is 2.49.